The molecule has 2 aliphatic heterocycles. The third-order valence-electron chi connectivity index (χ3n) is 4.91. The highest BCUT2D eigenvalue weighted by atomic mass is 32.2. The number of ether oxygens (including phenoxy) is 2. The molecular weight excluding hydrogens is 396 g/mol. The van der Waals surface area contributed by atoms with Gasteiger partial charge in [0, 0.05) is 30.9 Å². The van der Waals surface area contributed by atoms with Crippen LogP contribution in [0.4, 0.5) is 11.4 Å². The Hall–Kier alpha value is -3.07. The number of benzene rings is 2. The van der Waals surface area contributed by atoms with Gasteiger partial charge < -0.3 is 19.7 Å². The Morgan fingerprint density at radius 2 is 1.86 bits per heavy atom. The summed E-state index contributed by atoms with van der Waals surface area (Å²) in [6, 6.07) is 9.64. The number of amides is 2. The third kappa shape index (κ3) is 3.91. The fourth-order valence-electron chi connectivity index (χ4n) is 3.33. The molecule has 2 aromatic carbocycles. The van der Waals surface area contributed by atoms with Crippen molar-refractivity contribution in [1.82, 2.24) is 0 Å². The Morgan fingerprint density at radius 3 is 2.66 bits per heavy atom. The summed E-state index contributed by atoms with van der Waals surface area (Å²) in [5.74, 6) is 0.331. The van der Waals surface area contributed by atoms with Gasteiger partial charge >= 0.3 is 0 Å². The second kappa shape index (κ2) is 7.40. The number of carbonyl (C=O) groups is 2. The van der Waals surface area contributed by atoms with E-state index in [9.17, 15) is 18.0 Å². The first-order valence-corrected chi connectivity index (χ1v) is 10.8. The number of sulfone groups is 1. The quantitative estimate of drug-likeness (QED) is 0.797. The molecule has 0 fully saturated rings. The van der Waals surface area contributed by atoms with Crippen LogP contribution in [0, 0.1) is 0 Å². The average Bonchev–Trinajstić information content (AvgIpc) is 3.00. The summed E-state index contributed by atoms with van der Waals surface area (Å²) in [4.78, 5) is 25.6. The Morgan fingerprint density at radius 1 is 1.10 bits per heavy atom. The largest absolute Gasteiger partial charge is 0.486 e. The maximum atomic E-state index is 12.6. The normalized spacial score (nSPS) is 15.2. The maximum absolute atomic E-state index is 12.6. The molecule has 0 saturated carbocycles. The predicted molar refractivity (Wildman–Crippen MR) is 106 cm³/mol. The highest BCUT2D eigenvalue weighted by Gasteiger charge is 2.26. The van der Waals surface area contributed by atoms with Crippen molar-refractivity contribution in [3.05, 3.63) is 42.0 Å². The first kappa shape index (κ1) is 19.3. The fourth-order valence-corrected chi connectivity index (χ4v) is 4.62. The van der Waals surface area contributed by atoms with E-state index in [1.165, 1.54) is 17.0 Å². The summed E-state index contributed by atoms with van der Waals surface area (Å²) >= 11 is 0. The topological polar surface area (TPSA) is 102 Å². The zero-order chi connectivity index (χ0) is 20.6. The molecule has 4 rings (SSSR count). The number of nitrogens with zero attached hydrogens (tertiary/aromatic N) is 1. The van der Waals surface area contributed by atoms with E-state index in [0.29, 0.717) is 41.7 Å². The lowest BCUT2D eigenvalue weighted by molar-refractivity contribution is -0.117. The predicted octanol–water partition coefficient (Wildman–Crippen LogP) is 1.78. The minimum Gasteiger partial charge on any atom is -0.486 e. The van der Waals surface area contributed by atoms with E-state index < -0.39 is 15.7 Å². The van der Waals surface area contributed by atoms with Gasteiger partial charge in [0.05, 0.1) is 17.1 Å². The molecule has 2 heterocycles. The van der Waals surface area contributed by atoms with E-state index in [1.54, 1.807) is 31.3 Å². The average molecular weight is 416 g/mol. The molecule has 2 aliphatic rings. The van der Waals surface area contributed by atoms with Crippen molar-refractivity contribution in [3.63, 3.8) is 0 Å². The Labute approximate surface area is 168 Å². The Bertz CT molecular complexity index is 1100. The zero-order valence-electron chi connectivity index (χ0n) is 15.8. The van der Waals surface area contributed by atoms with Gasteiger partial charge in [-0.25, -0.2) is 8.42 Å². The molecule has 0 aromatic heterocycles. The van der Waals surface area contributed by atoms with Gasteiger partial charge in [-0.05, 0) is 35.9 Å². The van der Waals surface area contributed by atoms with Crippen molar-refractivity contribution in [2.75, 3.05) is 36.2 Å². The van der Waals surface area contributed by atoms with Crippen LogP contribution in [0.2, 0.25) is 0 Å². The summed E-state index contributed by atoms with van der Waals surface area (Å²) in [7, 11) is -2.00. The third-order valence-corrected chi connectivity index (χ3v) is 6.62. The number of likely N-dealkylation sites (N-methyl/N-ethyl adjacent to an activating group) is 1. The molecule has 0 saturated heterocycles. The summed E-state index contributed by atoms with van der Waals surface area (Å²) in [5, 5.41) is 2.68. The lowest BCUT2D eigenvalue weighted by Crippen LogP contribution is -2.20. The minimum absolute atomic E-state index is 0.0756. The number of hydrogen-bond donors (Lipinski definition) is 1. The number of hydrogen-bond acceptors (Lipinski definition) is 6. The standard InChI is InChI=1S/C20H20N2O6S/c1-22-16-4-3-15(10-13(16)11-20(22)24)29(25,26)9-6-19(23)21-14-2-5-17-18(12-14)28-8-7-27-17/h2-5,10,12H,6-9,11H2,1H3,(H,21,23). The first-order chi connectivity index (χ1) is 13.8. The monoisotopic (exact) mass is 416 g/mol. The molecule has 29 heavy (non-hydrogen) atoms. The maximum Gasteiger partial charge on any atom is 0.231 e. The number of rotatable bonds is 5. The van der Waals surface area contributed by atoms with Crippen molar-refractivity contribution in [2.24, 2.45) is 0 Å². The van der Waals surface area contributed by atoms with Crippen LogP contribution in [-0.2, 0) is 25.8 Å². The van der Waals surface area contributed by atoms with Gasteiger partial charge in [0.1, 0.15) is 13.2 Å². The molecule has 1 N–H and O–H groups in total. The van der Waals surface area contributed by atoms with E-state index in [1.807, 2.05) is 0 Å². The van der Waals surface area contributed by atoms with E-state index >= 15 is 0 Å². The SMILES string of the molecule is CN1C(=O)Cc2cc(S(=O)(=O)CCC(=O)Nc3ccc4c(c3)OCCO4)ccc21. The van der Waals surface area contributed by atoms with Gasteiger partial charge in [-0.2, -0.15) is 0 Å². The minimum atomic E-state index is -3.65. The second-order valence-electron chi connectivity index (χ2n) is 6.90. The van der Waals surface area contributed by atoms with Crippen molar-refractivity contribution in [3.8, 4) is 11.5 Å². The van der Waals surface area contributed by atoms with Crippen LogP contribution in [-0.4, -0.2) is 46.2 Å². The van der Waals surface area contributed by atoms with Crippen LogP contribution in [0.5, 0.6) is 11.5 Å². The van der Waals surface area contributed by atoms with Crippen LogP contribution in [0.1, 0.15) is 12.0 Å². The smallest absolute Gasteiger partial charge is 0.231 e. The second-order valence-corrected chi connectivity index (χ2v) is 9.00. The first-order valence-electron chi connectivity index (χ1n) is 9.15. The number of carbonyl (C=O) groups excluding carboxylic acids is 2. The van der Waals surface area contributed by atoms with Crippen LogP contribution < -0.4 is 19.7 Å². The van der Waals surface area contributed by atoms with Crippen LogP contribution in [0.25, 0.3) is 0 Å². The molecule has 2 amide bonds. The molecule has 152 valence electrons. The van der Waals surface area contributed by atoms with Gasteiger partial charge in [-0.1, -0.05) is 0 Å². The molecule has 0 spiro atoms. The summed E-state index contributed by atoms with van der Waals surface area (Å²) < 4.78 is 36.2. The number of fused-ring (bicyclic) bond motifs is 2. The van der Waals surface area contributed by atoms with Crippen molar-refractivity contribution in [2.45, 2.75) is 17.7 Å². The Kier molecular flexibility index (Phi) is 4.91. The number of anilines is 2. The molecular formula is C20H20N2O6S. The summed E-state index contributed by atoms with van der Waals surface area (Å²) in [5.41, 5.74) is 1.90. The molecule has 0 aliphatic carbocycles. The van der Waals surface area contributed by atoms with Crippen molar-refractivity contribution < 1.29 is 27.5 Å². The van der Waals surface area contributed by atoms with E-state index in [0.717, 1.165) is 0 Å². The van der Waals surface area contributed by atoms with E-state index in [4.69, 9.17) is 9.47 Å². The van der Waals surface area contributed by atoms with Crippen LogP contribution >= 0.6 is 0 Å². The molecule has 8 nitrogen and oxygen atoms in total. The van der Waals surface area contributed by atoms with Gasteiger partial charge in [0.2, 0.25) is 11.8 Å². The van der Waals surface area contributed by atoms with Crippen molar-refractivity contribution >= 4 is 33.0 Å². The fraction of sp³-hybridized carbons (Fsp3) is 0.300. The highest BCUT2D eigenvalue weighted by Crippen LogP contribution is 2.33. The molecule has 0 atom stereocenters. The molecule has 2 aromatic rings. The van der Waals surface area contributed by atoms with E-state index in [2.05, 4.69) is 5.32 Å². The zero-order valence-corrected chi connectivity index (χ0v) is 16.6. The van der Waals surface area contributed by atoms with Gasteiger partial charge in [-0.3, -0.25) is 9.59 Å². The molecule has 9 heteroatoms. The van der Waals surface area contributed by atoms with Gasteiger partial charge in [-0.15, -0.1) is 0 Å². The van der Waals surface area contributed by atoms with Crippen LogP contribution in [0.3, 0.4) is 0 Å². The lowest BCUT2D eigenvalue weighted by Gasteiger charge is -2.19. The molecule has 0 bridgehead atoms. The summed E-state index contributed by atoms with van der Waals surface area (Å²) in [6.07, 6.45) is -0.00745. The lowest BCUT2D eigenvalue weighted by atomic mass is 10.2. The highest BCUT2D eigenvalue weighted by molar-refractivity contribution is 7.91. The number of nitrogens with one attached hydrogen (secondary N) is 1. The van der Waals surface area contributed by atoms with E-state index in [-0.39, 0.29) is 29.4 Å². The summed E-state index contributed by atoms with van der Waals surface area (Å²) in [6.45, 7) is 0.911. The van der Waals surface area contributed by atoms with Crippen molar-refractivity contribution in [1.29, 1.82) is 0 Å². The Balaban J connectivity index is 1.40. The van der Waals surface area contributed by atoms with Gasteiger partial charge in [0.25, 0.3) is 0 Å². The molecule has 0 unspecified atom stereocenters. The molecule has 0 radical (unpaired) electrons. The van der Waals surface area contributed by atoms with Gasteiger partial charge in [0.15, 0.2) is 21.3 Å². The van der Waals surface area contributed by atoms with Crippen LogP contribution in [0.15, 0.2) is 41.3 Å².